The monoisotopic (exact) mass is 650 g/mol. The van der Waals surface area contributed by atoms with Gasteiger partial charge in [0.05, 0.1) is 0 Å². The highest BCUT2D eigenvalue weighted by atomic mass is 35.5. The smallest absolute Gasteiger partial charge is 0.254 e. The lowest BCUT2D eigenvalue weighted by atomic mass is 9.70. The summed E-state index contributed by atoms with van der Waals surface area (Å²) in [5, 5.41) is 3.88. The highest BCUT2D eigenvalue weighted by Gasteiger charge is 2.46. The number of amides is 2. The SMILES string of the molecule is CCNC(=O)C1(CCCN2CCN(c3ccc4c(c3)C(=O)N(Cc3cccc(Cl)c3)C4)CC2)c2ccccc2Sc2ccccc21. The van der Waals surface area contributed by atoms with Gasteiger partial charge in [-0.05, 0) is 85.0 Å². The number of fused-ring (bicyclic) bond motifs is 3. The molecule has 3 aliphatic rings. The molecule has 236 valence electrons. The van der Waals surface area contributed by atoms with Crippen LogP contribution in [0.5, 0.6) is 0 Å². The molecule has 4 aromatic rings. The molecule has 0 bridgehead atoms. The minimum atomic E-state index is -0.701. The van der Waals surface area contributed by atoms with Gasteiger partial charge < -0.3 is 15.1 Å². The summed E-state index contributed by atoms with van der Waals surface area (Å²) in [5.74, 6) is 0.179. The lowest BCUT2D eigenvalue weighted by Gasteiger charge is -2.40. The first kappa shape index (κ1) is 30.9. The van der Waals surface area contributed by atoms with Gasteiger partial charge in [0.15, 0.2) is 0 Å². The van der Waals surface area contributed by atoms with Crippen molar-refractivity contribution in [3.63, 3.8) is 0 Å². The van der Waals surface area contributed by atoms with Crippen LogP contribution in [0.1, 0.15) is 52.4 Å². The highest BCUT2D eigenvalue weighted by molar-refractivity contribution is 7.99. The van der Waals surface area contributed by atoms with Gasteiger partial charge in [-0.2, -0.15) is 0 Å². The Bertz CT molecular complexity index is 1720. The Morgan fingerprint density at radius 2 is 1.61 bits per heavy atom. The molecule has 7 rings (SSSR count). The molecule has 0 radical (unpaired) electrons. The maximum Gasteiger partial charge on any atom is 0.254 e. The van der Waals surface area contributed by atoms with Gasteiger partial charge in [0.25, 0.3) is 5.91 Å². The number of carbonyl (C=O) groups is 2. The lowest BCUT2D eigenvalue weighted by molar-refractivity contribution is -0.125. The number of nitrogens with zero attached hydrogens (tertiary/aromatic N) is 3. The second-order valence-corrected chi connectivity index (χ2v) is 13.9. The lowest BCUT2D eigenvalue weighted by Crippen LogP contribution is -2.49. The molecule has 6 nitrogen and oxygen atoms in total. The summed E-state index contributed by atoms with van der Waals surface area (Å²) < 4.78 is 0. The Morgan fingerprint density at radius 3 is 2.30 bits per heavy atom. The van der Waals surface area contributed by atoms with Gasteiger partial charge in [-0.3, -0.25) is 14.5 Å². The zero-order valence-corrected chi connectivity index (χ0v) is 27.7. The highest BCUT2D eigenvalue weighted by Crippen LogP contribution is 2.51. The van der Waals surface area contributed by atoms with E-state index in [1.54, 1.807) is 11.8 Å². The summed E-state index contributed by atoms with van der Waals surface area (Å²) in [6, 6.07) is 30.9. The van der Waals surface area contributed by atoms with Crippen molar-refractivity contribution in [3.8, 4) is 0 Å². The van der Waals surface area contributed by atoms with Gasteiger partial charge in [-0.1, -0.05) is 78.0 Å². The van der Waals surface area contributed by atoms with Crippen molar-refractivity contribution >= 4 is 40.9 Å². The number of carbonyl (C=O) groups excluding carboxylic acids is 2. The van der Waals surface area contributed by atoms with Crippen molar-refractivity contribution in [3.05, 3.63) is 124 Å². The van der Waals surface area contributed by atoms with E-state index in [2.05, 4.69) is 81.8 Å². The van der Waals surface area contributed by atoms with E-state index in [0.717, 1.165) is 79.1 Å². The summed E-state index contributed by atoms with van der Waals surface area (Å²) in [4.78, 5) is 36.5. The number of likely N-dealkylation sites (N-methyl/N-ethyl adjacent to an activating group) is 1. The number of piperazine rings is 1. The Morgan fingerprint density at radius 1 is 0.891 bits per heavy atom. The predicted molar refractivity (Wildman–Crippen MR) is 186 cm³/mol. The summed E-state index contributed by atoms with van der Waals surface area (Å²) >= 11 is 7.94. The van der Waals surface area contributed by atoms with Crippen LogP contribution in [-0.4, -0.2) is 60.9 Å². The Labute approximate surface area is 280 Å². The maximum absolute atomic E-state index is 14.0. The summed E-state index contributed by atoms with van der Waals surface area (Å²) in [5.41, 5.74) is 5.58. The molecule has 0 unspecified atom stereocenters. The quantitative estimate of drug-likeness (QED) is 0.212. The normalized spacial score (nSPS) is 17.0. The van der Waals surface area contributed by atoms with Crippen LogP contribution in [0.25, 0.3) is 0 Å². The molecule has 2 amide bonds. The van der Waals surface area contributed by atoms with Crippen LogP contribution in [-0.2, 0) is 23.3 Å². The second kappa shape index (κ2) is 13.1. The van der Waals surface area contributed by atoms with Crippen LogP contribution in [0.3, 0.4) is 0 Å². The van der Waals surface area contributed by atoms with Crippen molar-refractivity contribution in [2.45, 2.75) is 48.1 Å². The fourth-order valence-electron chi connectivity index (χ4n) is 7.35. The third-order valence-electron chi connectivity index (χ3n) is 9.64. The third-order valence-corrected chi connectivity index (χ3v) is 11.0. The first-order chi connectivity index (χ1) is 22.5. The largest absolute Gasteiger partial charge is 0.369 e. The van der Waals surface area contributed by atoms with Crippen molar-refractivity contribution in [2.24, 2.45) is 0 Å². The van der Waals surface area contributed by atoms with Gasteiger partial charge in [-0.25, -0.2) is 0 Å². The minimum absolute atomic E-state index is 0.0840. The van der Waals surface area contributed by atoms with E-state index in [9.17, 15) is 9.59 Å². The van der Waals surface area contributed by atoms with Gasteiger partial charge in [-0.15, -0.1) is 0 Å². The first-order valence-electron chi connectivity index (χ1n) is 16.3. The van der Waals surface area contributed by atoms with Crippen LogP contribution in [0.2, 0.25) is 5.02 Å². The van der Waals surface area contributed by atoms with Gasteiger partial charge in [0.2, 0.25) is 5.91 Å². The number of rotatable bonds is 9. The van der Waals surface area contributed by atoms with Gasteiger partial charge >= 0.3 is 0 Å². The fraction of sp³-hybridized carbons (Fsp3) is 0.316. The molecule has 1 fully saturated rings. The average molecular weight is 651 g/mol. The molecule has 46 heavy (non-hydrogen) atoms. The van der Waals surface area contributed by atoms with E-state index in [4.69, 9.17) is 11.6 Å². The van der Waals surface area contributed by atoms with E-state index in [0.29, 0.717) is 24.7 Å². The Hall–Kier alpha value is -3.78. The molecule has 0 aliphatic carbocycles. The zero-order chi connectivity index (χ0) is 31.7. The molecule has 0 aromatic heterocycles. The average Bonchev–Trinajstić information content (AvgIpc) is 3.38. The van der Waals surface area contributed by atoms with E-state index < -0.39 is 5.41 Å². The summed E-state index contributed by atoms with van der Waals surface area (Å²) in [7, 11) is 0. The summed E-state index contributed by atoms with van der Waals surface area (Å²) in [6.45, 7) is 8.42. The van der Waals surface area contributed by atoms with Crippen molar-refractivity contribution in [2.75, 3.05) is 44.2 Å². The van der Waals surface area contributed by atoms with E-state index >= 15 is 0 Å². The number of hydrogen-bond donors (Lipinski definition) is 1. The van der Waals surface area contributed by atoms with Gasteiger partial charge in [0.1, 0.15) is 5.41 Å². The molecule has 8 heteroatoms. The number of nitrogens with one attached hydrogen (secondary N) is 1. The molecule has 1 N–H and O–H groups in total. The number of hydrogen-bond acceptors (Lipinski definition) is 5. The zero-order valence-electron chi connectivity index (χ0n) is 26.2. The van der Waals surface area contributed by atoms with Crippen LogP contribution < -0.4 is 10.2 Å². The van der Waals surface area contributed by atoms with Crippen molar-refractivity contribution in [1.29, 1.82) is 0 Å². The fourth-order valence-corrected chi connectivity index (χ4v) is 8.79. The maximum atomic E-state index is 14.0. The molecule has 0 saturated carbocycles. The van der Waals surface area contributed by atoms with E-state index in [1.807, 2.05) is 36.1 Å². The number of benzene rings is 4. The molecule has 0 atom stereocenters. The van der Waals surface area contributed by atoms with E-state index in [-0.39, 0.29) is 11.8 Å². The third kappa shape index (κ3) is 5.81. The Kier molecular flexibility index (Phi) is 8.82. The molecular formula is C38H39ClN4O2S. The number of anilines is 1. The van der Waals surface area contributed by atoms with E-state index in [1.165, 1.54) is 9.79 Å². The van der Waals surface area contributed by atoms with Crippen LogP contribution >= 0.6 is 23.4 Å². The Balaban J connectivity index is 1.00. The minimum Gasteiger partial charge on any atom is -0.369 e. The van der Waals surface area contributed by atoms with Crippen LogP contribution in [0.4, 0.5) is 5.69 Å². The standard InChI is InChI=1S/C38H39ClN4O2S/c1-2-40-37(45)38(32-11-3-5-13-34(32)46-35-14-6-4-12-33(35)38)17-8-18-41-19-21-42(22-20-41)30-16-15-28-26-43(36(44)31(28)24-30)25-27-9-7-10-29(39)23-27/h3-7,9-16,23-24H,2,8,17-22,25-26H2,1H3,(H,40,45). The second-order valence-electron chi connectivity index (χ2n) is 12.4. The molecular weight excluding hydrogens is 612 g/mol. The molecule has 3 aliphatic heterocycles. The topological polar surface area (TPSA) is 55.9 Å². The predicted octanol–water partition coefficient (Wildman–Crippen LogP) is 6.99. The molecule has 1 saturated heterocycles. The van der Waals surface area contributed by atoms with Crippen LogP contribution in [0.15, 0.2) is 101 Å². The summed E-state index contributed by atoms with van der Waals surface area (Å²) in [6.07, 6.45) is 1.67. The van der Waals surface area contributed by atoms with Crippen LogP contribution in [0, 0.1) is 0 Å². The van der Waals surface area contributed by atoms with Crippen molar-refractivity contribution in [1.82, 2.24) is 15.1 Å². The molecule has 3 heterocycles. The van der Waals surface area contributed by atoms with Crippen molar-refractivity contribution < 1.29 is 9.59 Å². The molecule has 0 spiro atoms. The first-order valence-corrected chi connectivity index (χ1v) is 17.4. The molecule has 4 aromatic carbocycles. The number of halogens is 1. The van der Waals surface area contributed by atoms with Gasteiger partial charge in [0, 0.05) is 71.9 Å².